The largest absolute Gasteiger partial charge is 0.495 e. The fraction of sp³-hybridized carbons (Fsp3) is 0.105. The number of guanidine groups is 1. The van der Waals surface area contributed by atoms with Crippen molar-refractivity contribution in [1.82, 2.24) is 9.97 Å². The summed E-state index contributed by atoms with van der Waals surface area (Å²) in [5.74, 6) is 1.33. The number of para-hydroxylation sites is 2. The average Bonchev–Trinajstić information content (AvgIpc) is 2.67. The number of hydrogen-bond donors (Lipinski definition) is 3. The van der Waals surface area contributed by atoms with E-state index in [1.165, 1.54) is 6.07 Å². The molecule has 9 heteroatoms. The third kappa shape index (κ3) is 5.51. The highest BCUT2D eigenvalue weighted by Gasteiger charge is 2.06. The second-order valence-corrected chi connectivity index (χ2v) is 7.11. The molecule has 2 aromatic carbocycles. The Morgan fingerprint density at radius 3 is 2.79 bits per heavy atom. The molecule has 0 aliphatic heterocycles. The third-order valence-electron chi connectivity index (χ3n) is 3.58. The number of hydrogen-bond acceptors (Lipinski definition) is 5. The summed E-state index contributed by atoms with van der Waals surface area (Å²) in [4.78, 5) is 24.0. The molecule has 0 radical (unpaired) electrons. The smallest absolute Gasteiger partial charge is 0.252 e. The van der Waals surface area contributed by atoms with E-state index in [9.17, 15) is 4.79 Å². The Morgan fingerprint density at radius 1 is 1.29 bits per heavy atom. The molecule has 0 unspecified atom stereocenters. The van der Waals surface area contributed by atoms with E-state index in [0.717, 1.165) is 4.90 Å². The predicted octanol–water partition coefficient (Wildman–Crippen LogP) is 3.78. The number of ether oxygens (including phenoxy) is 1. The van der Waals surface area contributed by atoms with Crippen LogP contribution < -0.4 is 21.3 Å². The number of H-pyrrole nitrogens is 1. The van der Waals surface area contributed by atoms with Crippen LogP contribution in [0.4, 0.5) is 11.6 Å². The van der Waals surface area contributed by atoms with Crippen LogP contribution >= 0.6 is 23.4 Å². The summed E-state index contributed by atoms with van der Waals surface area (Å²) in [5.41, 5.74) is 6.89. The van der Waals surface area contributed by atoms with Crippen molar-refractivity contribution < 1.29 is 4.74 Å². The van der Waals surface area contributed by atoms with Crippen molar-refractivity contribution in [1.29, 1.82) is 0 Å². The van der Waals surface area contributed by atoms with Crippen LogP contribution in [0.15, 0.2) is 69.3 Å². The zero-order chi connectivity index (χ0) is 19.9. The van der Waals surface area contributed by atoms with Gasteiger partial charge in [-0.1, -0.05) is 23.7 Å². The molecule has 0 aliphatic rings. The van der Waals surface area contributed by atoms with E-state index in [1.807, 2.05) is 36.4 Å². The number of aromatic nitrogens is 2. The Kier molecular flexibility index (Phi) is 6.57. The van der Waals surface area contributed by atoms with Gasteiger partial charge in [-0.15, -0.1) is 11.8 Å². The zero-order valence-electron chi connectivity index (χ0n) is 15.0. The average molecular weight is 416 g/mol. The van der Waals surface area contributed by atoms with E-state index in [2.05, 4.69) is 20.3 Å². The van der Waals surface area contributed by atoms with E-state index < -0.39 is 0 Å². The number of nitrogens with one attached hydrogen (secondary N) is 2. The molecular formula is C19H18ClN5O2S. The van der Waals surface area contributed by atoms with Gasteiger partial charge in [0.25, 0.3) is 5.56 Å². The number of aliphatic imine (C=N–C) groups is 1. The summed E-state index contributed by atoms with van der Waals surface area (Å²) in [6.07, 6.45) is 0. The van der Waals surface area contributed by atoms with Gasteiger partial charge in [0.15, 0.2) is 0 Å². The predicted molar refractivity (Wildman–Crippen MR) is 114 cm³/mol. The molecule has 0 bridgehead atoms. The van der Waals surface area contributed by atoms with Crippen LogP contribution in [0.3, 0.4) is 0 Å². The maximum atomic E-state index is 11.9. The molecule has 0 fully saturated rings. The second-order valence-electron chi connectivity index (χ2n) is 5.63. The molecule has 0 amide bonds. The molecule has 144 valence electrons. The molecule has 0 spiro atoms. The first kappa shape index (κ1) is 19.8. The SMILES string of the molecule is COc1ccccc1N/C(N)=N/c1nc(CSc2ccc(Cl)cc2)cc(=O)[nH]1. The molecule has 7 nitrogen and oxygen atoms in total. The van der Waals surface area contributed by atoms with Gasteiger partial charge < -0.3 is 15.8 Å². The first-order valence-corrected chi connectivity index (χ1v) is 9.62. The van der Waals surface area contributed by atoms with E-state index in [-0.39, 0.29) is 17.5 Å². The van der Waals surface area contributed by atoms with Crippen LogP contribution in [-0.2, 0) is 5.75 Å². The first-order chi connectivity index (χ1) is 13.5. The number of nitrogens with two attached hydrogens (primary N) is 1. The first-order valence-electron chi connectivity index (χ1n) is 8.26. The highest BCUT2D eigenvalue weighted by Crippen LogP contribution is 2.24. The van der Waals surface area contributed by atoms with Gasteiger partial charge in [0.05, 0.1) is 18.5 Å². The standard InChI is InChI=1S/C19H18ClN5O2S/c1-27-16-5-3-2-4-15(16)23-18(21)25-19-22-13(10-17(26)24-19)11-28-14-8-6-12(20)7-9-14/h2-10H,11H2,1H3,(H4,21,22,23,24,25,26). The van der Waals surface area contributed by atoms with E-state index in [1.54, 1.807) is 31.0 Å². The summed E-state index contributed by atoms with van der Waals surface area (Å²) in [6, 6.07) is 16.2. The van der Waals surface area contributed by atoms with Crippen LogP contribution in [0.2, 0.25) is 5.02 Å². The van der Waals surface area contributed by atoms with Crippen molar-refractivity contribution in [3.05, 3.63) is 75.7 Å². The minimum absolute atomic E-state index is 0.0788. The lowest BCUT2D eigenvalue weighted by Crippen LogP contribution is -2.23. The van der Waals surface area contributed by atoms with E-state index >= 15 is 0 Å². The topological polar surface area (TPSA) is 105 Å². The van der Waals surface area contributed by atoms with Crippen LogP contribution in [0.1, 0.15) is 5.69 Å². The van der Waals surface area contributed by atoms with Crippen LogP contribution in [0.25, 0.3) is 0 Å². The summed E-state index contributed by atoms with van der Waals surface area (Å²) in [5, 5.41) is 3.61. The number of methoxy groups -OCH3 is 1. The van der Waals surface area contributed by atoms with Crippen molar-refractivity contribution in [3.8, 4) is 5.75 Å². The number of halogens is 1. The minimum Gasteiger partial charge on any atom is -0.495 e. The minimum atomic E-state index is -0.300. The van der Waals surface area contributed by atoms with Crippen molar-refractivity contribution in [2.45, 2.75) is 10.6 Å². The van der Waals surface area contributed by atoms with Crippen molar-refractivity contribution in [2.75, 3.05) is 12.4 Å². The molecule has 0 saturated carbocycles. The second kappa shape index (κ2) is 9.29. The monoisotopic (exact) mass is 415 g/mol. The van der Waals surface area contributed by atoms with Gasteiger partial charge in [0.2, 0.25) is 11.9 Å². The maximum Gasteiger partial charge on any atom is 0.252 e. The van der Waals surface area contributed by atoms with Gasteiger partial charge in [0.1, 0.15) is 5.75 Å². The highest BCUT2D eigenvalue weighted by atomic mass is 35.5. The summed E-state index contributed by atoms with van der Waals surface area (Å²) in [6.45, 7) is 0. The fourth-order valence-electron chi connectivity index (χ4n) is 2.34. The molecule has 1 heterocycles. The van der Waals surface area contributed by atoms with E-state index in [0.29, 0.717) is 27.9 Å². The molecule has 3 aromatic rings. The summed E-state index contributed by atoms with van der Waals surface area (Å²) in [7, 11) is 1.56. The molecule has 28 heavy (non-hydrogen) atoms. The van der Waals surface area contributed by atoms with E-state index in [4.69, 9.17) is 22.1 Å². The Labute approximate surface area is 171 Å². The number of benzene rings is 2. The highest BCUT2D eigenvalue weighted by molar-refractivity contribution is 7.98. The Balaban J connectivity index is 1.74. The van der Waals surface area contributed by atoms with Crippen LogP contribution in [0, 0.1) is 0 Å². The number of thioether (sulfide) groups is 1. The fourth-order valence-corrected chi connectivity index (χ4v) is 3.25. The van der Waals surface area contributed by atoms with Crippen molar-refractivity contribution in [3.63, 3.8) is 0 Å². The summed E-state index contributed by atoms with van der Waals surface area (Å²) >= 11 is 7.43. The normalized spacial score (nSPS) is 11.3. The van der Waals surface area contributed by atoms with Crippen LogP contribution in [0.5, 0.6) is 5.75 Å². The lowest BCUT2D eigenvalue weighted by molar-refractivity contribution is 0.417. The lowest BCUT2D eigenvalue weighted by atomic mass is 10.3. The van der Waals surface area contributed by atoms with Crippen molar-refractivity contribution in [2.24, 2.45) is 10.7 Å². The molecule has 4 N–H and O–H groups in total. The zero-order valence-corrected chi connectivity index (χ0v) is 16.6. The molecule has 0 atom stereocenters. The number of aromatic amines is 1. The summed E-state index contributed by atoms with van der Waals surface area (Å²) < 4.78 is 5.26. The van der Waals surface area contributed by atoms with Gasteiger partial charge >= 0.3 is 0 Å². The third-order valence-corrected chi connectivity index (χ3v) is 4.88. The Morgan fingerprint density at radius 2 is 2.04 bits per heavy atom. The number of rotatable bonds is 6. The molecule has 0 aliphatic carbocycles. The maximum absolute atomic E-state index is 11.9. The molecule has 3 rings (SSSR count). The Bertz CT molecular complexity index is 1040. The van der Waals surface area contributed by atoms with Crippen molar-refractivity contribution >= 4 is 41.0 Å². The number of nitrogens with zero attached hydrogens (tertiary/aromatic N) is 2. The number of anilines is 1. The lowest BCUT2D eigenvalue weighted by Gasteiger charge is -2.10. The van der Waals surface area contributed by atoms with Crippen LogP contribution in [-0.4, -0.2) is 23.0 Å². The van der Waals surface area contributed by atoms with Gasteiger partial charge in [0, 0.05) is 21.7 Å². The quantitative estimate of drug-likeness (QED) is 0.321. The van der Waals surface area contributed by atoms with Gasteiger partial charge in [-0.3, -0.25) is 9.78 Å². The molecule has 1 aromatic heterocycles. The molecular weight excluding hydrogens is 398 g/mol. The van der Waals surface area contributed by atoms with Gasteiger partial charge in [-0.05, 0) is 36.4 Å². The van der Waals surface area contributed by atoms with Gasteiger partial charge in [-0.25, -0.2) is 4.98 Å². The Hall–Kier alpha value is -2.97. The van der Waals surface area contributed by atoms with Gasteiger partial charge in [-0.2, -0.15) is 4.99 Å². The molecule has 0 saturated heterocycles.